The van der Waals surface area contributed by atoms with E-state index in [9.17, 15) is 0 Å². The van der Waals surface area contributed by atoms with Gasteiger partial charge in [-0.1, -0.05) is 0 Å². The Morgan fingerprint density at radius 1 is 1.00 bits per heavy atom. The van der Waals surface area contributed by atoms with E-state index in [-0.39, 0.29) is 36.9 Å². The highest BCUT2D eigenvalue weighted by molar-refractivity contribution is 5.92. The minimum Gasteiger partial charge on any atom is -0.493 e. The first-order valence-corrected chi connectivity index (χ1v) is 8.64. The molecule has 2 aromatic rings. The molecule has 0 atom stereocenters. The SMILES string of the molecule is COc1cc2nc(C)nc(N3CCN(CCCO)CC3)c2cc1OC.Cl.Cl.O. The lowest BCUT2D eigenvalue weighted by atomic mass is 10.1. The number of halogens is 2. The molecule has 3 N–H and O–H groups in total. The van der Waals surface area contributed by atoms with E-state index >= 15 is 0 Å². The molecule has 1 fully saturated rings. The normalized spacial score (nSPS) is 13.9. The van der Waals surface area contributed by atoms with Crippen LogP contribution >= 0.6 is 24.8 Å². The van der Waals surface area contributed by atoms with Crippen LogP contribution in [-0.4, -0.2) is 79.0 Å². The van der Waals surface area contributed by atoms with Gasteiger partial charge in [0.15, 0.2) is 11.5 Å². The highest BCUT2D eigenvalue weighted by Crippen LogP contribution is 2.35. The predicted octanol–water partition coefficient (Wildman–Crippen LogP) is 1.48. The zero-order valence-corrected chi connectivity index (χ0v) is 18.1. The number of rotatable bonds is 6. The topological polar surface area (TPSA) is 102 Å². The number of hydrogen-bond donors (Lipinski definition) is 1. The Balaban J connectivity index is 0.00000243. The number of fused-ring (bicyclic) bond motifs is 1. The number of anilines is 1. The Morgan fingerprint density at radius 2 is 1.61 bits per heavy atom. The molecule has 0 aliphatic carbocycles. The summed E-state index contributed by atoms with van der Waals surface area (Å²) in [7, 11) is 3.27. The van der Waals surface area contributed by atoms with Crippen molar-refractivity contribution in [2.24, 2.45) is 0 Å². The molecule has 0 saturated carbocycles. The van der Waals surface area contributed by atoms with Crippen LogP contribution in [0.25, 0.3) is 10.9 Å². The number of piperazine rings is 1. The molecule has 160 valence electrons. The van der Waals surface area contributed by atoms with Gasteiger partial charge in [-0.3, -0.25) is 4.90 Å². The van der Waals surface area contributed by atoms with Gasteiger partial charge in [-0.05, 0) is 19.4 Å². The lowest BCUT2D eigenvalue weighted by Crippen LogP contribution is -2.47. The molecule has 0 amide bonds. The highest BCUT2D eigenvalue weighted by Gasteiger charge is 2.21. The lowest BCUT2D eigenvalue weighted by Gasteiger charge is -2.35. The van der Waals surface area contributed by atoms with Gasteiger partial charge in [-0.15, -0.1) is 24.8 Å². The van der Waals surface area contributed by atoms with Gasteiger partial charge in [0.25, 0.3) is 0 Å². The number of benzene rings is 1. The monoisotopic (exact) mass is 436 g/mol. The van der Waals surface area contributed by atoms with Crippen LogP contribution in [-0.2, 0) is 0 Å². The Labute approximate surface area is 178 Å². The summed E-state index contributed by atoms with van der Waals surface area (Å²) in [5, 5.41) is 9.97. The Hall–Kier alpha value is -1.58. The minimum absolute atomic E-state index is 0. The van der Waals surface area contributed by atoms with Gasteiger partial charge in [0.2, 0.25) is 0 Å². The van der Waals surface area contributed by atoms with E-state index in [4.69, 9.17) is 19.6 Å². The second-order valence-corrected chi connectivity index (χ2v) is 6.22. The van der Waals surface area contributed by atoms with Crippen LogP contribution in [0.3, 0.4) is 0 Å². The first-order valence-electron chi connectivity index (χ1n) is 8.64. The largest absolute Gasteiger partial charge is 0.493 e. The number of aromatic nitrogens is 2. The number of aryl methyl sites for hydroxylation is 1. The standard InChI is InChI=1S/C18H26N4O3.2ClH.H2O/c1-13-19-15-12-17(25-3)16(24-2)11-14(15)18(20-13)22-8-6-21(7-9-22)5-4-10-23;;;/h11-12,23H,4-10H2,1-3H3;2*1H;1H2. The number of aliphatic hydroxyl groups excluding tert-OH is 1. The van der Waals surface area contributed by atoms with Crippen LogP contribution < -0.4 is 14.4 Å². The number of hydrogen-bond acceptors (Lipinski definition) is 7. The van der Waals surface area contributed by atoms with E-state index in [1.165, 1.54) is 0 Å². The summed E-state index contributed by atoms with van der Waals surface area (Å²) in [5.41, 5.74) is 0.864. The molecule has 1 aliphatic rings. The van der Waals surface area contributed by atoms with Crippen molar-refractivity contribution >= 4 is 41.5 Å². The molecule has 8 nitrogen and oxygen atoms in total. The van der Waals surface area contributed by atoms with Gasteiger partial charge in [0, 0.05) is 50.8 Å². The molecule has 1 aliphatic heterocycles. The fourth-order valence-corrected chi connectivity index (χ4v) is 3.27. The Kier molecular flexibility index (Phi) is 11.4. The van der Waals surface area contributed by atoms with Crippen molar-refractivity contribution in [2.45, 2.75) is 13.3 Å². The molecule has 0 radical (unpaired) electrons. The van der Waals surface area contributed by atoms with Crippen LogP contribution in [0.2, 0.25) is 0 Å². The first-order chi connectivity index (χ1) is 12.2. The lowest BCUT2D eigenvalue weighted by molar-refractivity contribution is 0.216. The Bertz CT molecular complexity index is 743. The summed E-state index contributed by atoms with van der Waals surface area (Å²) in [6.45, 7) is 6.86. The molecule has 0 bridgehead atoms. The zero-order valence-electron chi connectivity index (χ0n) is 16.5. The highest BCUT2D eigenvalue weighted by atomic mass is 35.5. The quantitative estimate of drug-likeness (QED) is 0.730. The van der Waals surface area contributed by atoms with Crippen LogP contribution in [0, 0.1) is 6.92 Å². The van der Waals surface area contributed by atoms with Crippen LogP contribution in [0.5, 0.6) is 11.5 Å². The van der Waals surface area contributed by atoms with Crippen molar-refractivity contribution in [3.63, 3.8) is 0 Å². The average Bonchev–Trinajstić information content (AvgIpc) is 2.65. The molecule has 0 spiro atoms. The number of methoxy groups -OCH3 is 2. The zero-order chi connectivity index (χ0) is 17.8. The number of aliphatic hydroxyl groups is 1. The van der Waals surface area contributed by atoms with Crippen molar-refractivity contribution < 1.29 is 20.1 Å². The smallest absolute Gasteiger partial charge is 0.162 e. The molecule has 1 aromatic carbocycles. The molecular weight excluding hydrogens is 407 g/mol. The summed E-state index contributed by atoms with van der Waals surface area (Å²) in [4.78, 5) is 13.9. The summed E-state index contributed by atoms with van der Waals surface area (Å²) in [6.07, 6.45) is 0.826. The van der Waals surface area contributed by atoms with Crippen LogP contribution in [0.15, 0.2) is 12.1 Å². The summed E-state index contributed by atoms with van der Waals surface area (Å²) >= 11 is 0. The molecule has 3 rings (SSSR count). The molecule has 1 saturated heterocycles. The maximum Gasteiger partial charge on any atom is 0.162 e. The predicted molar refractivity (Wildman–Crippen MR) is 116 cm³/mol. The van der Waals surface area contributed by atoms with E-state index in [0.29, 0.717) is 11.5 Å². The summed E-state index contributed by atoms with van der Waals surface area (Å²) < 4.78 is 10.8. The molecule has 0 unspecified atom stereocenters. The van der Waals surface area contributed by atoms with Crippen molar-refractivity contribution in [2.75, 3.05) is 58.5 Å². The second-order valence-electron chi connectivity index (χ2n) is 6.22. The summed E-state index contributed by atoms with van der Waals surface area (Å²) in [5.74, 6) is 3.06. The van der Waals surface area contributed by atoms with Crippen molar-refractivity contribution in [1.82, 2.24) is 14.9 Å². The van der Waals surface area contributed by atoms with E-state index < -0.39 is 0 Å². The number of ether oxygens (including phenoxy) is 2. The third-order valence-electron chi connectivity index (χ3n) is 4.60. The molecule has 28 heavy (non-hydrogen) atoms. The van der Waals surface area contributed by atoms with Crippen molar-refractivity contribution in [3.05, 3.63) is 18.0 Å². The minimum atomic E-state index is 0. The summed E-state index contributed by atoms with van der Waals surface area (Å²) in [6, 6.07) is 3.87. The van der Waals surface area contributed by atoms with Gasteiger partial charge in [-0.2, -0.15) is 0 Å². The average molecular weight is 437 g/mol. The van der Waals surface area contributed by atoms with Crippen LogP contribution in [0.1, 0.15) is 12.2 Å². The van der Waals surface area contributed by atoms with Gasteiger partial charge in [-0.25, -0.2) is 9.97 Å². The third-order valence-corrected chi connectivity index (χ3v) is 4.60. The molecular formula is C18H30Cl2N4O4. The van der Waals surface area contributed by atoms with Crippen molar-refractivity contribution in [1.29, 1.82) is 0 Å². The van der Waals surface area contributed by atoms with Gasteiger partial charge >= 0.3 is 0 Å². The van der Waals surface area contributed by atoms with E-state index in [1.54, 1.807) is 14.2 Å². The fraction of sp³-hybridized carbons (Fsp3) is 0.556. The van der Waals surface area contributed by atoms with Gasteiger partial charge < -0.3 is 25.0 Å². The van der Waals surface area contributed by atoms with Crippen LogP contribution in [0.4, 0.5) is 5.82 Å². The number of nitrogens with zero attached hydrogens (tertiary/aromatic N) is 4. The molecule has 2 heterocycles. The third kappa shape index (κ3) is 5.71. The second kappa shape index (κ2) is 12.1. The van der Waals surface area contributed by atoms with E-state index in [2.05, 4.69) is 14.8 Å². The molecule has 1 aromatic heterocycles. The first kappa shape index (κ1) is 26.4. The van der Waals surface area contributed by atoms with E-state index in [0.717, 1.165) is 61.7 Å². The van der Waals surface area contributed by atoms with Crippen molar-refractivity contribution in [3.8, 4) is 11.5 Å². The maximum atomic E-state index is 8.99. The molecule has 10 heteroatoms. The van der Waals surface area contributed by atoms with Gasteiger partial charge in [0.1, 0.15) is 11.6 Å². The Morgan fingerprint density at radius 3 is 2.18 bits per heavy atom. The fourth-order valence-electron chi connectivity index (χ4n) is 3.27. The maximum absolute atomic E-state index is 8.99. The van der Waals surface area contributed by atoms with E-state index in [1.807, 2.05) is 19.1 Å². The van der Waals surface area contributed by atoms with Gasteiger partial charge in [0.05, 0.1) is 19.7 Å².